The monoisotopic (exact) mass is 307 g/mol. The molecule has 21 heavy (non-hydrogen) atoms. The molecule has 0 amide bonds. The first kappa shape index (κ1) is 15.3. The summed E-state index contributed by atoms with van der Waals surface area (Å²) in [6, 6.07) is 0. The third-order valence-electron chi connectivity index (χ3n) is 4.63. The zero-order valence-corrected chi connectivity index (χ0v) is 14.3. The summed E-state index contributed by atoms with van der Waals surface area (Å²) in [5.41, 5.74) is 1.42. The van der Waals surface area contributed by atoms with Crippen molar-refractivity contribution in [2.24, 2.45) is 5.92 Å². The number of piperidine rings is 1. The first-order valence-corrected chi connectivity index (χ1v) is 9.51. The smallest absolute Gasteiger partial charge is 0.185 e. The minimum atomic E-state index is 0.641. The van der Waals surface area contributed by atoms with Crippen LogP contribution in [0.4, 0.5) is 5.13 Å². The van der Waals surface area contributed by atoms with Crippen molar-refractivity contribution in [3.8, 4) is 0 Å². The molecule has 1 atom stereocenters. The van der Waals surface area contributed by atoms with Gasteiger partial charge in [-0.25, -0.2) is 4.98 Å². The number of rotatable bonds is 5. The zero-order chi connectivity index (χ0) is 14.7. The highest BCUT2D eigenvalue weighted by Crippen LogP contribution is 2.38. The van der Waals surface area contributed by atoms with E-state index in [4.69, 9.17) is 4.98 Å². The Labute approximate surface area is 133 Å². The second-order valence-corrected chi connectivity index (χ2v) is 8.06. The van der Waals surface area contributed by atoms with E-state index in [9.17, 15) is 0 Å². The minimum Gasteiger partial charge on any atom is -0.348 e. The summed E-state index contributed by atoms with van der Waals surface area (Å²) in [5, 5.41) is 4.94. The Morgan fingerprint density at radius 3 is 2.81 bits per heavy atom. The van der Waals surface area contributed by atoms with Crippen LogP contribution in [0, 0.1) is 5.92 Å². The number of hydrogen-bond acceptors (Lipinski definition) is 4. The lowest BCUT2D eigenvalue weighted by Crippen LogP contribution is -2.29. The molecule has 0 aromatic carbocycles. The summed E-state index contributed by atoms with van der Waals surface area (Å²) in [6.07, 6.45) is 7.96. The van der Waals surface area contributed by atoms with Gasteiger partial charge in [-0.3, -0.25) is 0 Å². The highest BCUT2D eigenvalue weighted by Gasteiger charge is 2.26. The minimum absolute atomic E-state index is 0.641. The lowest BCUT2D eigenvalue weighted by molar-refractivity contribution is 0.472. The van der Waals surface area contributed by atoms with Crippen LogP contribution < -0.4 is 10.2 Å². The topological polar surface area (TPSA) is 28.2 Å². The Morgan fingerprint density at radius 2 is 2.05 bits per heavy atom. The van der Waals surface area contributed by atoms with Gasteiger partial charge in [0.05, 0.1) is 5.69 Å². The Balaban J connectivity index is 1.67. The van der Waals surface area contributed by atoms with E-state index in [0.29, 0.717) is 5.92 Å². The maximum Gasteiger partial charge on any atom is 0.185 e. The van der Waals surface area contributed by atoms with Crippen molar-refractivity contribution in [2.45, 2.75) is 58.3 Å². The van der Waals surface area contributed by atoms with Gasteiger partial charge in [-0.2, -0.15) is 0 Å². The fraction of sp³-hybridized carbons (Fsp3) is 0.824. The van der Waals surface area contributed by atoms with E-state index in [-0.39, 0.29) is 0 Å². The highest BCUT2D eigenvalue weighted by atomic mass is 32.1. The second kappa shape index (κ2) is 7.10. The Bertz CT molecular complexity index is 449. The summed E-state index contributed by atoms with van der Waals surface area (Å²) in [4.78, 5) is 9.14. The van der Waals surface area contributed by atoms with Crippen molar-refractivity contribution < 1.29 is 0 Å². The SMILES string of the molecule is CC(C)CNCC1CCCc2sc(N3CCCCC3)nc21. The number of aromatic nitrogens is 1. The molecule has 1 aliphatic heterocycles. The van der Waals surface area contributed by atoms with Crippen LogP contribution in [0.5, 0.6) is 0 Å². The van der Waals surface area contributed by atoms with Gasteiger partial charge in [0.25, 0.3) is 0 Å². The molecule has 3 rings (SSSR count). The van der Waals surface area contributed by atoms with Crippen LogP contribution in [0.3, 0.4) is 0 Å². The lowest BCUT2D eigenvalue weighted by atomic mass is 9.91. The number of fused-ring (bicyclic) bond motifs is 1. The van der Waals surface area contributed by atoms with Crippen LogP contribution in [-0.2, 0) is 6.42 Å². The van der Waals surface area contributed by atoms with Gasteiger partial charge in [-0.15, -0.1) is 11.3 Å². The van der Waals surface area contributed by atoms with Crippen LogP contribution in [-0.4, -0.2) is 31.2 Å². The van der Waals surface area contributed by atoms with E-state index in [2.05, 4.69) is 24.1 Å². The standard InChI is InChI=1S/C17H29N3S/c1-13(2)11-18-12-14-7-6-8-15-16(14)19-17(21-15)20-9-4-3-5-10-20/h13-14,18H,3-12H2,1-2H3. The van der Waals surface area contributed by atoms with Gasteiger partial charge in [0.15, 0.2) is 5.13 Å². The molecule has 0 radical (unpaired) electrons. The molecule has 1 aromatic heterocycles. The number of nitrogens with zero attached hydrogens (tertiary/aromatic N) is 2. The average molecular weight is 308 g/mol. The van der Waals surface area contributed by atoms with Crippen molar-refractivity contribution in [3.63, 3.8) is 0 Å². The predicted octanol–water partition coefficient (Wildman–Crippen LogP) is 3.80. The fourth-order valence-corrected chi connectivity index (χ4v) is 4.70. The van der Waals surface area contributed by atoms with Gasteiger partial charge >= 0.3 is 0 Å². The molecular weight excluding hydrogens is 278 g/mol. The number of anilines is 1. The fourth-order valence-electron chi connectivity index (χ4n) is 3.46. The number of aryl methyl sites for hydroxylation is 1. The summed E-state index contributed by atoms with van der Waals surface area (Å²) in [7, 11) is 0. The van der Waals surface area contributed by atoms with Crippen LogP contribution in [0.25, 0.3) is 0 Å². The normalized spacial score (nSPS) is 22.6. The van der Waals surface area contributed by atoms with E-state index in [1.807, 2.05) is 11.3 Å². The zero-order valence-electron chi connectivity index (χ0n) is 13.5. The maximum absolute atomic E-state index is 5.06. The van der Waals surface area contributed by atoms with Crippen molar-refractivity contribution in [2.75, 3.05) is 31.1 Å². The van der Waals surface area contributed by atoms with Gasteiger partial charge in [0.1, 0.15) is 0 Å². The number of thiazole rings is 1. The van der Waals surface area contributed by atoms with E-state index in [0.717, 1.165) is 19.0 Å². The van der Waals surface area contributed by atoms with Crippen molar-refractivity contribution in [1.29, 1.82) is 0 Å². The van der Waals surface area contributed by atoms with Gasteiger partial charge < -0.3 is 10.2 Å². The number of nitrogens with one attached hydrogen (secondary N) is 1. The molecule has 0 bridgehead atoms. The Kier molecular flexibility index (Phi) is 5.17. The molecule has 1 aliphatic carbocycles. The summed E-state index contributed by atoms with van der Waals surface area (Å²) < 4.78 is 0. The van der Waals surface area contributed by atoms with Crippen molar-refractivity contribution in [3.05, 3.63) is 10.6 Å². The summed E-state index contributed by atoms with van der Waals surface area (Å²) in [5.74, 6) is 1.37. The average Bonchev–Trinajstić information content (AvgIpc) is 2.93. The molecular formula is C17H29N3S. The molecule has 1 aromatic rings. The molecule has 2 heterocycles. The van der Waals surface area contributed by atoms with Gasteiger partial charge in [0.2, 0.25) is 0 Å². The quantitative estimate of drug-likeness (QED) is 0.897. The Hall–Kier alpha value is -0.610. The number of hydrogen-bond donors (Lipinski definition) is 1. The molecule has 2 aliphatic rings. The predicted molar refractivity (Wildman–Crippen MR) is 91.6 cm³/mol. The summed E-state index contributed by atoms with van der Waals surface area (Å²) >= 11 is 1.97. The third-order valence-corrected chi connectivity index (χ3v) is 5.82. The molecule has 0 spiro atoms. The van der Waals surface area contributed by atoms with Gasteiger partial charge in [-0.05, 0) is 51.0 Å². The maximum atomic E-state index is 5.06. The first-order valence-electron chi connectivity index (χ1n) is 8.69. The molecule has 1 fully saturated rings. The largest absolute Gasteiger partial charge is 0.348 e. The second-order valence-electron chi connectivity index (χ2n) is 6.99. The van der Waals surface area contributed by atoms with E-state index >= 15 is 0 Å². The van der Waals surface area contributed by atoms with Crippen LogP contribution >= 0.6 is 11.3 Å². The molecule has 0 saturated carbocycles. The molecule has 1 saturated heterocycles. The van der Waals surface area contributed by atoms with Gasteiger partial charge in [-0.1, -0.05) is 13.8 Å². The third kappa shape index (κ3) is 3.78. The van der Waals surface area contributed by atoms with Crippen molar-refractivity contribution in [1.82, 2.24) is 10.3 Å². The molecule has 1 unspecified atom stereocenters. The van der Waals surface area contributed by atoms with Crippen molar-refractivity contribution >= 4 is 16.5 Å². The van der Waals surface area contributed by atoms with E-state index < -0.39 is 0 Å². The summed E-state index contributed by atoms with van der Waals surface area (Å²) in [6.45, 7) is 9.20. The molecule has 4 heteroatoms. The van der Waals surface area contributed by atoms with E-state index in [1.165, 1.54) is 62.4 Å². The first-order chi connectivity index (χ1) is 10.2. The van der Waals surface area contributed by atoms with E-state index in [1.54, 1.807) is 4.88 Å². The van der Waals surface area contributed by atoms with Crippen LogP contribution in [0.2, 0.25) is 0 Å². The van der Waals surface area contributed by atoms with Crippen LogP contribution in [0.1, 0.15) is 62.4 Å². The Morgan fingerprint density at radius 1 is 1.24 bits per heavy atom. The van der Waals surface area contributed by atoms with Crippen LogP contribution in [0.15, 0.2) is 0 Å². The lowest BCUT2D eigenvalue weighted by Gasteiger charge is -2.26. The molecule has 3 nitrogen and oxygen atoms in total. The van der Waals surface area contributed by atoms with Gasteiger partial charge in [0, 0.05) is 30.4 Å². The highest BCUT2D eigenvalue weighted by molar-refractivity contribution is 7.15. The molecule has 1 N–H and O–H groups in total. The molecule has 118 valence electrons.